The highest BCUT2D eigenvalue weighted by atomic mass is 28.4. The molecule has 29 heavy (non-hydrogen) atoms. The van der Waals surface area contributed by atoms with E-state index in [9.17, 15) is 9.90 Å². The van der Waals surface area contributed by atoms with Gasteiger partial charge >= 0.3 is 5.97 Å². The van der Waals surface area contributed by atoms with Crippen molar-refractivity contribution in [3.8, 4) is 0 Å². The predicted molar refractivity (Wildman–Crippen MR) is 127 cm³/mol. The van der Waals surface area contributed by atoms with Crippen LogP contribution in [0.5, 0.6) is 0 Å². The summed E-state index contributed by atoms with van der Waals surface area (Å²) in [4.78, 5) is 11.3. The molecule has 0 aromatic carbocycles. The average molecular weight is 465 g/mol. The topological polar surface area (TPSA) is 85.2 Å². The van der Waals surface area contributed by atoms with Crippen LogP contribution in [0, 0.1) is 0 Å². The molecule has 0 saturated carbocycles. The van der Waals surface area contributed by atoms with Crippen LogP contribution in [0.3, 0.4) is 0 Å². The lowest BCUT2D eigenvalue weighted by Crippen LogP contribution is -2.49. The lowest BCUT2D eigenvalue weighted by atomic mass is 10.3. The summed E-state index contributed by atoms with van der Waals surface area (Å²) in [6, 6.07) is 2.17. The van der Waals surface area contributed by atoms with Gasteiger partial charge in [-0.25, -0.2) is 4.79 Å². The Hall–Kier alpha value is -0.299. The highest BCUT2D eigenvalue weighted by Crippen LogP contribution is 2.29. The minimum atomic E-state index is -1.78. The van der Waals surface area contributed by atoms with Gasteiger partial charge in [0.15, 0.2) is 16.6 Å². The van der Waals surface area contributed by atoms with Gasteiger partial charge in [-0.05, 0) is 57.7 Å². The molecule has 0 rings (SSSR count). The van der Waals surface area contributed by atoms with Crippen LogP contribution in [0.4, 0.5) is 0 Å². The van der Waals surface area contributed by atoms with Crippen LogP contribution in [0.15, 0.2) is 12.2 Å². The minimum absolute atomic E-state index is 0.0786. The Kier molecular flexibility index (Phi) is 13.0. The first-order valence-electron chi connectivity index (χ1n) is 10.6. The summed E-state index contributed by atoms with van der Waals surface area (Å²) in [7, 11) is -4.85. The van der Waals surface area contributed by atoms with E-state index in [0.29, 0.717) is 12.2 Å². The van der Waals surface area contributed by atoms with Crippen molar-refractivity contribution in [3.05, 3.63) is 12.2 Å². The molecular formula is C20H44O6Si3. The average Bonchev–Trinajstić information content (AvgIpc) is 2.55. The maximum Gasteiger partial charge on any atom is 0.333 e. The fraction of sp³-hybridized carbons (Fsp3) is 0.850. The molecule has 0 spiro atoms. The van der Waals surface area contributed by atoms with Crippen LogP contribution in [0.2, 0.25) is 57.0 Å². The smallest absolute Gasteiger partial charge is 0.333 e. The first-order valence-corrected chi connectivity index (χ1v) is 20.2. The molecule has 0 aliphatic carbocycles. The Morgan fingerprint density at radius 3 is 2.17 bits per heavy atom. The van der Waals surface area contributed by atoms with Crippen LogP contribution in [-0.2, 0) is 18.4 Å². The summed E-state index contributed by atoms with van der Waals surface area (Å²) in [5.41, 5.74) is 1.54. The number of aliphatic hydroxyl groups is 2. The fourth-order valence-electron chi connectivity index (χ4n) is 3.80. The van der Waals surface area contributed by atoms with Crippen molar-refractivity contribution >= 4 is 30.7 Å². The summed E-state index contributed by atoms with van der Waals surface area (Å²) in [6.45, 7) is 20.0. The van der Waals surface area contributed by atoms with Gasteiger partial charge in [0.1, 0.15) is 12.7 Å². The molecule has 1 unspecified atom stereocenters. The van der Waals surface area contributed by atoms with E-state index in [0.717, 1.165) is 24.9 Å². The first-order chi connectivity index (χ1) is 13.2. The molecule has 2 N–H and O–H groups in total. The van der Waals surface area contributed by atoms with Crippen LogP contribution in [0.25, 0.3) is 0 Å². The molecule has 0 amide bonds. The van der Waals surface area contributed by atoms with Crippen molar-refractivity contribution < 1.29 is 28.6 Å². The van der Waals surface area contributed by atoms with Crippen LogP contribution in [0.1, 0.15) is 19.8 Å². The number of hydrogen-bond acceptors (Lipinski definition) is 6. The van der Waals surface area contributed by atoms with Crippen LogP contribution >= 0.6 is 0 Å². The molecule has 0 radical (unpaired) electrons. The largest absolute Gasteiger partial charge is 0.460 e. The van der Waals surface area contributed by atoms with Crippen molar-refractivity contribution in [2.75, 3.05) is 26.4 Å². The van der Waals surface area contributed by atoms with Gasteiger partial charge in [0, 0.05) is 26.9 Å². The third-order valence-electron chi connectivity index (χ3n) is 4.60. The molecule has 0 heterocycles. The number of rotatable bonds is 16. The number of esters is 1. The molecule has 0 saturated heterocycles. The predicted octanol–water partition coefficient (Wildman–Crippen LogP) is 3.93. The summed E-state index contributed by atoms with van der Waals surface area (Å²) in [5.74, 6) is -0.497. The van der Waals surface area contributed by atoms with E-state index in [2.05, 4.69) is 45.9 Å². The molecule has 0 fully saturated rings. The lowest BCUT2D eigenvalue weighted by Gasteiger charge is -2.38. The SMILES string of the molecule is C=C(C)C(=O)OCC(O)COCCC[Si](C)(C)O[Si](C)(C)C[Si](C)(C)CCCO. The van der Waals surface area contributed by atoms with E-state index < -0.39 is 36.8 Å². The Bertz CT molecular complexity index is 508. The molecule has 0 aliphatic heterocycles. The van der Waals surface area contributed by atoms with Crippen molar-refractivity contribution in [3.63, 3.8) is 0 Å². The second kappa shape index (κ2) is 13.2. The third-order valence-corrected chi connectivity index (χ3v) is 19.5. The standard InChI is InChI=1S/C20H44O6Si3/c1-18(2)20(23)25-16-19(22)15-24-12-10-14-28(5,6)26-29(7,8)17-27(3,4)13-9-11-21/h19,21-22H,1,9-17H2,2-8H3. The molecule has 0 bridgehead atoms. The molecule has 0 aliphatic rings. The Morgan fingerprint density at radius 1 is 1.00 bits per heavy atom. The van der Waals surface area contributed by atoms with E-state index in [1.54, 1.807) is 6.92 Å². The van der Waals surface area contributed by atoms with E-state index in [4.69, 9.17) is 18.7 Å². The second-order valence-electron chi connectivity index (χ2n) is 10.0. The second-order valence-corrected chi connectivity index (χ2v) is 24.6. The maximum absolute atomic E-state index is 11.3. The van der Waals surface area contributed by atoms with E-state index in [1.807, 2.05) is 0 Å². The van der Waals surface area contributed by atoms with Gasteiger partial charge in [-0.1, -0.05) is 25.7 Å². The molecule has 1 atom stereocenters. The Morgan fingerprint density at radius 2 is 1.62 bits per heavy atom. The molecule has 0 aromatic rings. The molecule has 9 heteroatoms. The van der Waals surface area contributed by atoms with Gasteiger partial charge in [-0.3, -0.25) is 0 Å². The van der Waals surface area contributed by atoms with Crippen molar-refractivity contribution in [1.29, 1.82) is 0 Å². The van der Waals surface area contributed by atoms with E-state index in [1.165, 1.54) is 5.67 Å². The Labute approximate surface area is 180 Å². The van der Waals surface area contributed by atoms with E-state index in [-0.39, 0.29) is 19.8 Å². The van der Waals surface area contributed by atoms with Crippen molar-refractivity contribution in [2.45, 2.75) is 82.9 Å². The summed E-state index contributed by atoms with van der Waals surface area (Å²) in [5, 5.41) is 18.9. The number of hydrogen-bond donors (Lipinski definition) is 2. The normalized spacial score (nSPS) is 14.0. The van der Waals surface area contributed by atoms with E-state index >= 15 is 0 Å². The number of ether oxygens (including phenoxy) is 2. The van der Waals surface area contributed by atoms with Gasteiger partial charge in [-0.2, -0.15) is 0 Å². The summed E-state index contributed by atoms with van der Waals surface area (Å²) in [6.07, 6.45) is 0.977. The summed E-state index contributed by atoms with van der Waals surface area (Å²) < 4.78 is 17.2. The molecule has 0 aromatic heterocycles. The highest BCUT2D eigenvalue weighted by Gasteiger charge is 2.37. The summed E-state index contributed by atoms with van der Waals surface area (Å²) >= 11 is 0. The zero-order valence-electron chi connectivity index (χ0n) is 19.7. The Balaban J connectivity index is 4.19. The van der Waals surface area contributed by atoms with Crippen molar-refractivity contribution in [2.24, 2.45) is 0 Å². The molecule has 172 valence electrons. The zero-order chi connectivity index (χ0) is 22.7. The van der Waals surface area contributed by atoms with Gasteiger partial charge in [0.2, 0.25) is 0 Å². The molecular weight excluding hydrogens is 420 g/mol. The van der Waals surface area contributed by atoms with Crippen LogP contribution < -0.4 is 0 Å². The zero-order valence-corrected chi connectivity index (χ0v) is 22.7. The maximum atomic E-state index is 11.3. The minimum Gasteiger partial charge on any atom is -0.460 e. The molecule has 6 nitrogen and oxygen atoms in total. The van der Waals surface area contributed by atoms with Gasteiger partial charge in [-0.15, -0.1) is 0 Å². The number of carbonyl (C=O) groups is 1. The number of carbonyl (C=O) groups excluding carboxylic acids is 1. The van der Waals surface area contributed by atoms with Crippen molar-refractivity contribution in [1.82, 2.24) is 0 Å². The quantitative estimate of drug-likeness (QED) is 0.156. The van der Waals surface area contributed by atoms with Crippen LogP contribution in [-0.4, -0.2) is 73.4 Å². The van der Waals surface area contributed by atoms with Gasteiger partial charge < -0.3 is 23.8 Å². The monoisotopic (exact) mass is 464 g/mol. The first kappa shape index (κ1) is 28.7. The fourth-order valence-corrected chi connectivity index (χ4v) is 23.2. The third kappa shape index (κ3) is 15.2. The lowest BCUT2D eigenvalue weighted by molar-refractivity contribution is -0.143. The highest BCUT2D eigenvalue weighted by molar-refractivity contribution is 6.96. The van der Waals surface area contributed by atoms with Gasteiger partial charge in [0.05, 0.1) is 6.61 Å². The number of aliphatic hydroxyl groups excluding tert-OH is 2. The van der Waals surface area contributed by atoms with Gasteiger partial charge in [0.25, 0.3) is 0 Å².